The SMILES string of the molecule is COc1cc(C(F)F)cc(Cl)n1. The maximum Gasteiger partial charge on any atom is 0.264 e. The number of alkyl halides is 2. The molecule has 1 aromatic heterocycles. The van der Waals surface area contributed by atoms with Crippen LogP contribution in [0.4, 0.5) is 8.78 Å². The topological polar surface area (TPSA) is 22.1 Å². The fraction of sp³-hybridized carbons (Fsp3) is 0.286. The molecule has 0 unspecified atom stereocenters. The van der Waals surface area contributed by atoms with Crippen LogP contribution in [0.25, 0.3) is 0 Å². The molecule has 0 aromatic carbocycles. The van der Waals surface area contributed by atoms with Crippen LogP contribution in [0.1, 0.15) is 12.0 Å². The van der Waals surface area contributed by atoms with Crippen LogP contribution in [-0.2, 0) is 0 Å². The van der Waals surface area contributed by atoms with Crippen molar-refractivity contribution in [3.05, 3.63) is 22.8 Å². The Labute approximate surface area is 73.1 Å². The smallest absolute Gasteiger partial charge is 0.264 e. The van der Waals surface area contributed by atoms with E-state index in [2.05, 4.69) is 9.72 Å². The second-order valence-corrected chi connectivity index (χ2v) is 2.45. The molecule has 1 heterocycles. The first kappa shape index (κ1) is 9.19. The van der Waals surface area contributed by atoms with Crippen molar-refractivity contribution in [3.63, 3.8) is 0 Å². The van der Waals surface area contributed by atoms with Crippen molar-refractivity contribution in [2.24, 2.45) is 0 Å². The van der Waals surface area contributed by atoms with Crippen molar-refractivity contribution in [2.45, 2.75) is 6.43 Å². The van der Waals surface area contributed by atoms with E-state index in [0.717, 1.165) is 12.1 Å². The normalized spacial score (nSPS) is 10.4. The van der Waals surface area contributed by atoms with Gasteiger partial charge in [0.1, 0.15) is 5.15 Å². The third-order valence-electron chi connectivity index (χ3n) is 1.25. The average Bonchev–Trinajstić information content (AvgIpc) is 2.03. The van der Waals surface area contributed by atoms with Gasteiger partial charge in [-0.05, 0) is 6.07 Å². The Bertz CT molecular complexity index is 280. The summed E-state index contributed by atoms with van der Waals surface area (Å²) in [6.07, 6.45) is -2.56. The van der Waals surface area contributed by atoms with E-state index in [9.17, 15) is 8.78 Å². The molecule has 0 amide bonds. The van der Waals surface area contributed by atoms with Crippen molar-refractivity contribution in [1.82, 2.24) is 4.98 Å². The molecule has 0 spiro atoms. The zero-order valence-electron chi connectivity index (χ0n) is 6.22. The van der Waals surface area contributed by atoms with E-state index >= 15 is 0 Å². The summed E-state index contributed by atoms with van der Waals surface area (Å²) in [5.41, 5.74) is -0.188. The van der Waals surface area contributed by atoms with Crippen LogP contribution in [0.5, 0.6) is 5.88 Å². The number of hydrogen-bond donors (Lipinski definition) is 0. The van der Waals surface area contributed by atoms with E-state index in [-0.39, 0.29) is 16.6 Å². The number of halogens is 3. The standard InChI is InChI=1S/C7H6ClF2NO/c1-12-6-3-4(7(9)10)2-5(8)11-6/h2-3,7H,1H3. The second kappa shape index (κ2) is 3.67. The zero-order valence-corrected chi connectivity index (χ0v) is 6.98. The van der Waals surface area contributed by atoms with Crippen molar-refractivity contribution in [2.75, 3.05) is 7.11 Å². The molecule has 0 atom stereocenters. The maximum atomic E-state index is 12.1. The summed E-state index contributed by atoms with van der Waals surface area (Å²) in [6.45, 7) is 0. The van der Waals surface area contributed by atoms with Crippen LogP contribution in [0.15, 0.2) is 12.1 Å². The van der Waals surface area contributed by atoms with Gasteiger partial charge in [-0.25, -0.2) is 13.8 Å². The highest BCUT2D eigenvalue weighted by molar-refractivity contribution is 6.29. The molecule has 0 aliphatic rings. The third-order valence-corrected chi connectivity index (χ3v) is 1.45. The van der Waals surface area contributed by atoms with Gasteiger partial charge in [0.2, 0.25) is 5.88 Å². The summed E-state index contributed by atoms with van der Waals surface area (Å²) in [5, 5.41) is 0.00431. The van der Waals surface area contributed by atoms with Gasteiger partial charge in [-0.1, -0.05) is 11.6 Å². The highest BCUT2D eigenvalue weighted by Gasteiger charge is 2.10. The zero-order chi connectivity index (χ0) is 9.14. The lowest BCUT2D eigenvalue weighted by atomic mass is 10.3. The number of methoxy groups -OCH3 is 1. The monoisotopic (exact) mass is 193 g/mol. The fourth-order valence-corrected chi connectivity index (χ4v) is 0.931. The maximum absolute atomic E-state index is 12.1. The Morgan fingerprint density at radius 1 is 1.50 bits per heavy atom. The predicted octanol–water partition coefficient (Wildman–Crippen LogP) is 2.68. The van der Waals surface area contributed by atoms with Gasteiger partial charge in [0.25, 0.3) is 6.43 Å². The molecule has 0 N–H and O–H groups in total. The van der Waals surface area contributed by atoms with Crippen LogP contribution in [0.2, 0.25) is 5.15 Å². The van der Waals surface area contributed by atoms with Gasteiger partial charge in [0.15, 0.2) is 0 Å². The van der Waals surface area contributed by atoms with Gasteiger partial charge in [-0.15, -0.1) is 0 Å². The molecule has 0 saturated heterocycles. The average molecular weight is 194 g/mol. The molecule has 0 radical (unpaired) electrons. The number of nitrogens with zero attached hydrogens (tertiary/aromatic N) is 1. The first-order valence-electron chi connectivity index (χ1n) is 3.13. The number of ether oxygens (including phenoxy) is 1. The fourth-order valence-electron chi connectivity index (χ4n) is 0.722. The van der Waals surface area contributed by atoms with E-state index in [0.29, 0.717) is 0 Å². The van der Waals surface area contributed by atoms with Crippen molar-refractivity contribution in [1.29, 1.82) is 0 Å². The van der Waals surface area contributed by atoms with E-state index in [1.165, 1.54) is 7.11 Å². The van der Waals surface area contributed by atoms with Crippen LogP contribution in [0.3, 0.4) is 0 Å². The molecule has 5 heteroatoms. The Hall–Kier alpha value is -0.900. The predicted molar refractivity (Wildman–Crippen MR) is 40.8 cm³/mol. The van der Waals surface area contributed by atoms with Gasteiger partial charge in [-0.2, -0.15) is 0 Å². The van der Waals surface area contributed by atoms with E-state index < -0.39 is 6.43 Å². The lowest BCUT2D eigenvalue weighted by Gasteiger charge is -2.02. The third kappa shape index (κ3) is 2.04. The number of hydrogen-bond acceptors (Lipinski definition) is 2. The molecule has 0 aliphatic heterocycles. The largest absolute Gasteiger partial charge is 0.481 e. The quantitative estimate of drug-likeness (QED) is 0.674. The van der Waals surface area contributed by atoms with Crippen LogP contribution >= 0.6 is 11.6 Å². The highest BCUT2D eigenvalue weighted by atomic mass is 35.5. The summed E-state index contributed by atoms with van der Waals surface area (Å²) in [4.78, 5) is 3.64. The molecule has 0 fully saturated rings. The number of aromatic nitrogens is 1. The van der Waals surface area contributed by atoms with E-state index in [1.54, 1.807) is 0 Å². The second-order valence-electron chi connectivity index (χ2n) is 2.07. The molecule has 12 heavy (non-hydrogen) atoms. The Morgan fingerprint density at radius 3 is 2.67 bits per heavy atom. The van der Waals surface area contributed by atoms with Crippen LogP contribution in [-0.4, -0.2) is 12.1 Å². The molecule has 0 saturated carbocycles. The minimum atomic E-state index is -2.56. The minimum absolute atomic E-state index is 0.00431. The summed E-state index contributed by atoms with van der Waals surface area (Å²) >= 11 is 5.45. The van der Waals surface area contributed by atoms with Crippen molar-refractivity contribution >= 4 is 11.6 Å². The summed E-state index contributed by atoms with van der Waals surface area (Å²) in [5.74, 6) is 0.0952. The van der Waals surface area contributed by atoms with E-state index in [4.69, 9.17) is 11.6 Å². The molecular weight excluding hydrogens is 188 g/mol. The molecule has 2 nitrogen and oxygen atoms in total. The number of rotatable bonds is 2. The summed E-state index contributed by atoms with van der Waals surface area (Å²) in [7, 11) is 1.34. The Balaban J connectivity index is 3.06. The molecule has 0 bridgehead atoms. The van der Waals surface area contributed by atoms with Crippen LogP contribution in [0, 0.1) is 0 Å². The Kier molecular flexibility index (Phi) is 2.81. The minimum Gasteiger partial charge on any atom is -0.481 e. The summed E-state index contributed by atoms with van der Waals surface area (Å²) < 4.78 is 28.9. The Morgan fingerprint density at radius 2 is 2.17 bits per heavy atom. The lowest BCUT2D eigenvalue weighted by molar-refractivity contribution is 0.151. The molecule has 66 valence electrons. The number of pyridine rings is 1. The lowest BCUT2D eigenvalue weighted by Crippen LogP contribution is -1.91. The molecule has 1 rings (SSSR count). The van der Waals surface area contributed by atoms with Gasteiger partial charge in [-0.3, -0.25) is 0 Å². The first-order valence-corrected chi connectivity index (χ1v) is 3.51. The highest BCUT2D eigenvalue weighted by Crippen LogP contribution is 2.24. The van der Waals surface area contributed by atoms with E-state index in [1.807, 2.05) is 0 Å². The molecular formula is C7H6ClF2NO. The van der Waals surface area contributed by atoms with Gasteiger partial charge < -0.3 is 4.74 Å². The first-order chi connectivity index (χ1) is 5.63. The summed E-state index contributed by atoms with van der Waals surface area (Å²) in [6, 6.07) is 2.26. The molecule has 1 aromatic rings. The van der Waals surface area contributed by atoms with Gasteiger partial charge in [0.05, 0.1) is 7.11 Å². The van der Waals surface area contributed by atoms with Crippen LogP contribution < -0.4 is 4.74 Å². The van der Waals surface area contributed by atoms with Crippen molar-refractivity contribution < 1.29 is 13.5 Å². The van der Waals surface area contributed by atoms with Gasteiger partial charge >= 0.3 is 0 Å². The van der Waals surface area contributed by atoms with Crippen molar-refractivity contribution in [3.8, 4) is 5.88 Å². The molecule has 0 aliphatic carbocycles. The van der Waals surface area contributed by atoms with Gasteiger partial charge in [0, 0.05) is 11.6 Å².